The van der Waals surface area contributed by atoms with Crippen LogP contribution in [0.4, 0.5) is 16.2 Å². The Morgan fingerprint density at radius 2 is 2.00 bits per heavy atom. The number of nitrogens with one attached hydrogen (secondary N) is 2. The number of allylic oxidation sites excluding steroid dienone is 1. The van der Waals surface area contributed by atoms with E-state index in [0.717, 1.165) is 24.3 Å². The lowest BCUT2D eigenvalue weighted by atomic mass is 10.1. The van der Waals surface area contributed by atoms with Crippen molar-refractivity contribution in [3.8, 4) is 0 Å². The standard InChI is InChI=1S/C18H27N3O/c1-5-21(6-2)16-9-10-17(13(3)11-16)20-18(22)19-12-14(4)15-7-8-15/h9-12,15H,5-8H2,1-4H3,(H2,19,20,22)/b14-12+. The summed E-state index contributed by atoms with van der Waals surface area (Å²) in [6, 6.07) is 5.97. The molecule has 1 aromatic carbocycles. The number of amides is 2. The number of nitrogens with zero attached hydrogens (tertiary/aromatic N) is 1. The molecule has 0 aromatic heterocycles. The maximum absolute atomic E-state index is 12.0. The van der Waals surface area contributed by atoms with Crippen LogP contribution in [0.5, 0.6) is 0 Å². The number of anilines is 2. The zero-order chi connectivity index (χ0) is 16.1. The van der Waals surface area contributed by atoms with E-state index in [-0.39, 0.29) is 6.03 Å². The van der Waals surface area contributed by atoms with Gasteiger partial charge in [-0.15, -0.1) is 0 Å². The number of aryl methyl sites for hydroxylation is 1. The van der Waals surface area contributed by atoms with Crippen LogP contribution in [0.25, 0.3) is 0 Å². The number of urea groups is 1. The molecule has 0 aliphatic heterocycles. The van der Waals surface area contributed by atoms with Gasteiger partial charge in [0.1, 0.15) is 0 Å². The molecule has 22 heavy (non-hydrogen) atoms. The Bertz CT molecular complexity index is 557. The molecule has 1 saturated carbocycles. The molecule has 4 heteroatoms. The van der Waals surface area contributed by atoms with Crippen LogP contribution in [0.15, 0.2) is 30.0 Å². The van der Waals surface area contributed by atoms with Crippen molar-refractivity contribution in [2.24, 2.45) is 5.92 Å². The molecule has 120 valence electrons. The molecule has 0 atom stereocenters. The molecule has 2 amide bonds. The van der Waals surface area contributed by atoms with E-state index in [1.807, 2.05) is 19.2 Å². The van der Waals surface area contributed by atoms with Crippen LogP contribution in [0, 0.1) is 12.8 Å². The summed E-state index contributed by atoms with van der Waals surface area (Å²) in [6.45, 7) is 10.3. The molecule has 1 aromatic rings. The average Bonchev–Trinajstić information content (AvgIpc) is 3.33. The van der Waals surface area contributed by atoms with Gasteiger partial charge in [0.2, 0.25) is 0 Å². The molecule has 0 unspecified atom stereocenters. The Morgan fingerprint density at radius 3 is 2.55 bits per heavy atom. The van der Waals surface area contributed by atoms with Gasteiger partial charge in [0, 0.05) is 30.7 Å². The lowest BCUT2D eigenvalue weighted by Crippen LogP contribution is -2.25. The fraction of sp³-hybridized carbons (Fsp3) is 0.500. The van der Waals surface area contributed by atoms with Crippen LogP contribution < -0.4 is 15.5 Å². The average molecular weight is 301 g/mol. The van der Waals surface area contributed by atoms with Crippen molar-refractivity contribution in [1.82, 2.24) is 5.32 Å². The highest BCUT2D eigenvalue weighted by molar-refractivity contribution is 5.91. The van der Waals surface area contributed by atoms with Crippen molar-refractivity contribution < 1.29 is 4.79 Å². The van der Waals surface area contributed by atoms with Crippen molar-refractivity contribution in [3.63, 3.8) is 0 Å². The second-order valence-corrected chi connectivity index (χ2v) is 5.93. The van der Waals surface area contributed by atoms with Crippen molar-refractivity contribution >= 4 is 17.4 Å². The van der Waals surface area contributed by atoms with E-state index in [9.17, 15) is 4.79 Å². The molecule has 1 aliphatic rings. The quantitative estimate of drug-likeness (QED) is 0.824. The summed E-state index contributed by atoms with van der Waals surface area (Å²) in [7, 11) is 0. The van der Waals surface area contributed by atoms with Crippen LogP contribution in [0.2, 0.25) is 0 Å². The van der Waals surface area contributed by atoms with Crippen molar-refractivity contribution in [2.45, 2.75) is 40.5 Å². The van der Waals surface area contributed by atoms with Crippen LogP contribution >= 0.6 is 0 Å². The smallest absolute Gasteiger partial charge is 0.323 e. The fourth-order valence-corrected chi connectivity index (χ4v) is 2.57. The van der Waals surface area contributed by atoms with Crippen molar-refractivity contribution in [3.05, 3.63) is 35.5 Å². The lowest BCUT2D eigenvalue weighted by molar-refractivity contribution is 0.255. The summed E-state index contributed by atoms with van der Waals surface area (Å²) in [6.07, 6.45) is 4.32. The zero-order valence-electron chi connectivity index (χ0n) is 14.1. The summed E-state index contributed by atoms with van der Waals surface area (Å²) >= 11 is 0. The molecule has 0 spiro atoms. The van der Waals surface area contributed by atoms with E-state index < -0.39 is 0 Å². The predicted octanol–water partition coefficient (Wildman–Crippen LogP) is 4.28. The van der Waals surface area contributed by atoms with Gasteiger partial charge in [0.05, 0.1) is 0 Å². The van der Waals surface area contributed by atoms with E-state index in [0.29, 0.717) is 5.92 Å². The monoisotopic (exact) mass is 301 g/mol. The first kappa shape index (κ1) is 16.4. The normalized spacial score (nSPS) is 14.6. The van der Waals surface area contributed by atoms with Crippen LogP contribution in [0.1, 0.15) is 39.2 Å². The lowest BCUT2D eigenvalue weighted by Gasteiger charge is -2.22. The molecular weight excluding hydrogens is 274 g/mol. The number of rotatable bonds is 6. The van der Waals surface area contributed by atoms with Crippen LogP contribution in [0.3, 0.4) is 0 Å². The SMILES string of the molecule is CCN(CC)c1ccc(NC(=O)N/C=C(\C)C2CC2)c(C)c1. The molecule has 0 bridgehead atoms. The summed E-state index contributed by atoms with van der Waals surface area (Å²) in [4.78, 5) is 14.3. The highest BCUT2D eigenvalue weighted by Crippen LogP contribution is 2.35. The molecule has 0 radical (unpaired) electrons. The fourth-order valence-electron chi connectivity index (χ4n) is 2.57. The molecule has 2 N–H and O–H groups in total. The third kappa shape index (κ3) is 4.26. The number of benzene rings is 1. The molecule has 0 heterocycles. The second-order valence-electron chi connectivity index (χ2n) is 5.93. The van der Waals surface area contributed by atoms with E-state index in [1.165, 1.54) is 24.1 Å². The van der Waals surface area contributed by atoms with Crippen LogP contribution in [-0.2, 0) is 0 Å². The van der Waals surface area contributed by atoms with E-state index in [2.05, 4.69) is 48.4 Å². The highest BCUT2D eigenvalue weighted by Gasteiger charge is 2.22. The number of carbonyl (C=O) groups excluding carboxylic acids is 1. The Labute approximate surface area is 133 Å². The maximum Gasteiger partial charge on any atom is 0.323 e. The van der Waals surface area contributed by atoms with Gasteiger partial charge in [-0.3, -0.25) is 0 Å². The predicted molar refractivity (Wildman–Crippen MR) is 93.4 cm³/mol. The van der Waals surface area contributed by atoms with Gasteiger partial charge in [0.15, 0.2) is 0 Å². The first-order valence-corrected chi connectivity index (χ1v) is 8.14. The summed E-state index contributed by atoms with van der Waals surface area (Å²) < 4.78 is 0. The Kier molecular flexibility index (Phi) is 5.47. The van der Waals surface area contributed by atoms with Gasteiger partial charge in [-0.2, -0.15) is 0 Å². The van der Waals surface area contributed by atoms with Crippen LogP contribution in [-0.4, -0.2) is 19.1 Å². The number of hydrogen-bond acceptors (Lipinski definition) is 2. The third-order valence-corrected chi connectivity index (χ3v) is 4.24. The van der Waals surface area contributed by atoms with Gasteiger partial charge < -0.3 is 15.5 Å². The summed E-state index contributed by atoms with van der Waals surface area (Å²) in [5.74, 6) is 0.676. The molecule has 1 fully saturated rings. The molecule has 4 nitrogen and oxygen atoms in total. The van der Waals surface area contributed by atoms with E-state index >= 15 is 0 Å². The maximum atomic E-state index is 12.0. The van der Waals surface area contributed by atoms with Gasteiger partial charge in [-0.05, 0) is 70.2 Å². The molecule has 2 rings (SSSR count). The molecular formula is C18H27N3O. The highest BCUT2D eigenvalue weighted by atomic mass is 16.2. The second kappa shape index (κ2) is 7.34. The number of carbonyl (C=O) groups is 1. The first-order chi connectivity index (χ1) is 10.5. The Balaban J connectivity index is 1.97. The minimum Gasteiger partial charge on any atom is -0.372 e. The topological polar surface area (TPSA) is 44.4 Å². The largest absolute Gasteiger partial charge is 0.372 e. The van der Waals surface area contributed by atoms with Gasteiger partial charge in [-0.1, -0.05) is 5.57 Å². The summed E-state index contributed by atoms with van der Waals surface area (Å²) in [5.41, 5.74) is 4.37. The van der Waals surface area contributed by atoms with E-state index in [4.69, 9.17) is 0 Å². The Morgan fingerprint density at radius 1 is 1.32 bits per heavy atom. The van der Waals surface area contributed by atoms with Crippen molar-refractivity contribution in [1.29, 1.82) is 0 Å². The third-order valence-electron chi connectivity index (χ3n) is 4.24. The number of hydrogen-bond donors (Lipinski definition) is 2. The van der Waals surface area contributed by atoms with Gasteiger partial charge in [-0.25, -0.2) is 4.79 Å². The minimum absolute atomic E-state index is 0.182. The first-order valence-electron chi connectivity index (χ1n) is 8.14. The zero-order valence-corrected chi connectivity index (χ0v) is 14.1. The van der Waals surface area contributed by atoms with Crippen molar-refractivity contribution in [2.75, 3.05) is 23.3 Å². The Hall–Kier alpha value is -1.97. The van der Waals surface area contributed by atoms with Gasteiger partial charge >= 0.3 is 6.03 Å². The summed E-state index contributed by atoms with van der Waals surface area (Å²) in [5, 5.41) is 5.73. The van der Waals surface area contributed by atoms with Gasteiger partial charge in [0.25, 0.3) is 0 Å². The molecule has 1 aliphatic carbocycles. The van der Waals surface area contributed by atoms with E-state index in [1.54, 1.807) is 0 Å². The minimum atomic E-state index is -0.182. The molecule has 0 saturated heterocycles.